The SMILES string of the molecule is O=C(O)N1CCN(C2CCCN(Cc3ccccc3)C2)C(C2CCCN(Cc3ccccc3)C2)C1C1CCCN(Cc2ccccc2)C1. The smallest absolute Gasteiger partial charge is 0.407 e. The molecular formula is C41H55N5O2. The molecule has 4 heterocycles. The van der Waals surface area contributed by atoms with Gasteiger partial charge in [-0.2, -0.15) is 0 Å². The van der Waals surface area contributed by atoms with E-state index in [1.165, 1.54) is 42.4 Å². The summed E-state index contributed by atoms with van der Waals surface area (Å²) in [6.45, 7) is 10.8. The summed E-state index contributed by atoms with van der Waals surface area (Å²) in [6, 6.07) is 33.3. The normalized spacial score (nSPS) is 28.3. The van der Waals surface area contributed by atoms with Crippen LogP contribution in [0.2, 0.25) is 0 Å². The molecule has 0 saturated carbocycles. The molecule has 256 valence electrons. The maximum absolute atomic E-state index is 13.1. The zero-order chi connectivity index (χ0) is 32.7. The van der Waals surface area contributed by atoms with Gasteiger partial charge in [-0.05, 0) is 86.7 Å². The first kappa shape index (κ1) is 33.3. The molecule has 3 aromatic rings. The van der Waals surface area contributed by atoms with Gasteiger partial charge in [-0.3, -0.25) is 19.6 Å². The van der Waals surface area contributed by atoms with Crippen molar-refractivity contribution in [2.75, 3.05) is 52.4 Å². The highest BCUT2D eigenvalue weighted by Gasteiger charge is 2.49. The maximum atomic E-state index is 13.1. The molecule has 4 aliphatic heterocycles. The fourth-order valence-electron chi connectivity index (χ4n) is 9.63. The quantitative estimate of drug-likeness (QED) is 0.286. The second-order valence-corrected chi connectivity index (χ2v) is 15.0. The number of rotatable bonds is 9. The third kappa shape index (κ3) is 8.14. The molecule has 48 heavy (non-hydrogen) atoms. The van der Waals surface area contributed by atoms with Gasteiger partial charge in [0.1, 0.15) is 0 Å². The Kier molecular flexibility index (Phi) is 11.1. The minimum Gasteiger partial charge on any atom is -0.465 e. The Morgan fingerprint density at radius 1 is 0.542 bits per heavy atom. The molecule has 7 rings (SSSR count). The van der Waals surface area contributed by atoms with Gasteiger partial charge in [-0.25, -0.2) is 4.79 Å². The minimum absolute atomic E-state index is 0.0148. The van der Waals surface area contributed by atoms with E-state index >= 15 is 0 Å². The van der Waals surface area contributed by atoms with Gasteiger partial charge in [0.25, 0.3) is 0 Å². The lowest BCUT2D eigenvalue weighted by atomic mass is 9.75. The van der Waals surface area contributed by atoms with Crippen LogP contribution in [0.15, 0.2) is 91.0 Å². The highest BCUT2D eigenvalue weighted by atomic mass is 16.4. The summed E-state index contributed by atoms with van der Waals surface area (Å²) in [7, 11) is 0. The molecule has 4 fully saturated rings. The molecule has 0 bridgehead atoms. The lowest BCUT2D eigenvalue weighted by Gasteiger charge is -2.57. The van der Waals surface area contributed by atoms with Crippen molar-refractivity contribution in [1.82, 2.24) is 24.5 Å². The molecular weight excluding hydrogens is 594 g/mol. The lowest BCUT2D eigenvalue weighted by molar-refractivity contribution is -0.0791. The van der Waals surface area contributed by atoms with Crippen molar-refractivity contribution in [2.24, 2.45) is 11.8 Å². The number of amides is 1. The number of carbonyl (C=O) groups is 1. The first-order valence-corrected chi connectivity index (χ1v) is 18.6. The van der Waals surface area contributed by atoms with E-state index in [2.05, 4.69) is 111 Å². The van der Waals surface area contributed by atoms with Crippen molar-refractivity contribution in [2.45, 2.75) is 76.3 Å². The highest BCUT2D eigenvalue weighted by molar-refractivity contribution is 5.66. The molecule has 4 saturated heterocycles. The van der Waals surface area contributed by atoms with Crippen LogP contribution < -0.4 is 0 Å². The molecule has 5 unspecified atom stereocenters. The molecule has 0 radical (unpaired) electrons. The number of hydrogen-bond donors (Lipinski definition) is 1. The molecule has 0 aromatic heterocycles. The summed E-state index contributed by atoms with van der Waals surface area (Å²) in [5.41, 5.74) is 4.10. The highest BCUT2D eigenvalue weighted by Crippen LogP contribution is 2.39. The van der Waals surface area contributed by atoms with Crippen LogP contribution in [0.4, 0.5) is 4.79 Å². The third-order valence-corrected chi connectivity index (χ3v) is 11.7. The zero-order valence-corrected chi connectivity index (χ0v) is 28.7. The standard InChI is InChI=1S/C41H55N5O2/c47-41(48)46-26-25-45(38-21-12-24-44(32-38)29-35-17-8-3-9-18-35)39(36-19-10-22-42(30-36)27-33-13-4-1-5-14-33)40(46)37-20-11-23-43(31-37)28-34-15-6-2-7-16-34/h1-9,13-18,36-40H,10-12,19-32H2,(H,47,48). The fourth-order valence-corrected chi connectivity index (χ4v) is 9.63. The Morgan fingerprint density at radius 2 is 0.979 bits per heavy atom. The van der Waals surface area contributed by atoms with Crippen molar-refractivity contribution in [3.63, 3.8) is 0 Å². The Balaban J connectivity index is 1.17. The molecule has 1 N–H and O–H groups in total. The van der Waals surface area contributed by atoms with Crippen LogP contribution in [0, 0.1) is 11.8 Å². The van der Waals surface area contributed by atoms with Crippen LogP contribution in [0.1, 0.15) is 55.2 Å². The van der Waals surface area contributed by atoms with Gasteiger partial charge in [0.05, 0.1) is 6.04 Å². The van der Waals surface area contributed by atoms with Crippen molar-refractivity contribution in [3.8, 4) is 0 Å². The topological polar surface area (TPSA) is 53.5 Å². The van der Waals surface area contributed by atoms with E-state index in [0.717, 1.165) is 78.3 Å². The number of nitrogens with zero attached hydrogens (tertiary/aromatic N) is 5. The van der Waals surface area contributed by atoms with E-state index in [0.29, 0.717) is 24.4 Å². The Hall–Kier alpha value is -3.23. The molecule has 7 heteroatoms. The van der Waals surface area contributed by atoms with E-state index in [1.807, 2.05) is 4.90 Å². The second kappa shape index (κ2) is 16.0. The van der Waals surface area contributed by atoms with Crippen LogP contribution >= 0.6 is 0 Å². The summed E-state index contributed by atoms with van der Waals surface area (Å²) in [5.74, 6) is 0.781. The van der Waals surface area contributed by atoms with Gasteiger partial charge >= 0.3 is 6.09 Å². The van der Waals surface area contributed by atoms with E-state index in [9.17, 15) is 9.90 Å². The number of piperazine rings is 1. The van der Waals surface area contributed by atoms with Crippen molar-refractivity contribution in [3.05, 3.63) is 108 Å². The Labute approximate surface area is 288 Å². The Morgan fingerprint density at radius 3 is 1.46 bits per heavy atom. The fraction of sp³-hybridized carbons (Fsp3) is 0.537. The number of piperidine rings is 3. The molecule has 0 aliphatic carbocycles. The number of carboxylic acid groups (broad SMARTS) is 1. The van der Waals surface area contributed by atoms with Gasteiger partial charge in [0.15, 0.2) is 0 Å². The molecule has 5 atom stereocenters. The predicted octanol–water partition coefficient (Wildman–Crippen LogP) is 6.51. The molecule has 1 amide bonds. The first-order chi connectivity index (χ1) is 23.6. The van der Waals surface area contributed by atoms with Gasteiger partial charge in [-0.1, -0.05) is 91.0 Å². The lowest BCUT2D eigenvalue weighted by Crippen LogP contribution is -2.70. The van der Waals surface area contributed by atoms with Crippen LogP contribution in [0.3, 0.4) is 0 Å². The summed E-state index contributed by atoms with van der Waals surface area (Å²) >= 11 is 0. The molecule has 0 spiro atoms. The van der Waals surface area contributed by atoms with Crippen LogP contribution in [-0.4, -0.2) is 106 Å². The van der Waals surface area contributed by atoms with Crippen molar-refractivity contribution in [1.29, 1.82) is 0 Å². The third-order valence-electron chi connectivity index (χ3n) is 11.7. The van der Waals surface area contributed by atoms with Gasteiger partial charge in [-0.15, -0.1) is 0 Å². The zero-order valence-electron chi connectivity index (χ0n) is 28.7. The molecule has 4 aliphatic rings. The van der Waals surface area contributed by atoms with E-state index < -0.39 is 6.09 Å². The van der Waals surface area contributed by atoms with Crippen LogP contribution in [0.5, 0.6) is 0 Å². The number of hydrogen-bond acceptors (Lipinski definition) is 5. The van der Waals surface area contributed by atoms with E-state index in [1.54, 1.807) is 0 Å². The number of benzene rings is 3. The van der Waals surface area contributed by atoms with Crippen molar-refractivity contribution >= 4 is 6.09 Å². The van der Waals surface area contributed by atoms with Crippen LogP contribution in [-0.2, 0) is 19.6 Å². The second-order valence-electron chi connectivity index (χ2n) is 15.0. The van der Waals surface area contributed by atoms with Crippen LogP contribution in [0.25, 0.3) is 0 Å². The van der Waals surface area contributed by atoms with Crippen molar-refractivity contribution < 1.29 is 9.90 Å². The van der Waals surface area contributed by atoms with E-state index in [4.69, 9.17) is 0 Å². The summed E-state index contributed by atoms with van der Waals surface area (Å²) in [6.07, 6.45) is 6.27. The summed E-state index contributed by atoms with van der Waals surface area (Å²) in [5, 5.41) is 10.8. The largest absolute Gasteiger partial charge is 0.465 e. The maximum Gasteiger partial charge on any atom is 0.407 e. The predicted molar refractivity (Wildman–Crippen MR) is 193 cm³/mol. The minimum atomic E-state index is -0.726. The summed E-state index contributed by atoms with van der Waals surface area (Å²) in [4.78, 5) is 25.8. The molecule has 7 nitrogen and oxygen atoms in total. The summed E-state index contributed by atoms with van der Waals surface area (Å²) < 4.78 is 0. The van der Waals surface area contributed by atoms with E-state index in [-0.39, 0.29) is 12.1 Å². The van der Waals surface area contributed by atoms with Gasteiger partial charge in [0, 0.05) is 64.4 Å². The monoisotopic (exact) mass is 649 g/mol. The first-order valence-electron chi connectivity index (χ1n) is 18.6. The Bertz CT molecular complexity index is 1420. The average Bonchev–Trinajstić information content (AvgIpc) is 3.12. The number of likely N-dealkylation sites (tertiary alicyclic amines) is 3. The average molecular weight is 650 g/mol. The van der Waals surface area contributed by atoms with Gasteiger partial charge in [0.2, 0.25) is 0 Å². The van der Waals surface area contributed by atoms with Gasteiger partial charge < -0.3 is 10.0 Å². The molecule has 3 aromatic carbocycles.